The summed E-state index contributed by atoms with van der Waals surface area (Å²) < 4.78 is 12.9. The van der Waals surface area contributed by atoms with Gasteiger partial charge in [0.15, 0.2) is 0 Å². The standard InChI is InChI=1S/C19H19N5O3/c1-19(2,25)7-5-12-3-4-14-15(9-12)24(16-6-8-21-17(20)23-16)18(22-14)27-13-10-26-11-13/h3-4,6,8-9,13,25H,10-11H2,1-2H3,(H2,20,21,23). The average Bonchev–Trinajstić information content (AvgIpc) is 2.93. The first-order chi connectivity index (χ1) is 12.9. The van der Waals surface area contributed by atoms with E-state index in [0.717, 1.165) is 16.6 Å². The smallest absolute Gasteiger partial charge is 0.303 e. The molecule has 0 radical (unpaired) electrons. The molecule has 0 bridgehead atoms. The molecule has 2 aromatic heterocycles. The maximum Gasteiger partial charge on any atom is 0.303 e. The molecule has 0 atom stereocenters. The van der Waals surface area contributed by atoms with Crippen LogP contribution in [0.2, 0.25) is 0 Å². The van der Waals surface area contributed by atoms with E-state index < -0.39 is 5.60 Å². The fourth-order valence-corrected chi connectivity index (χ4v) is 2.58. The number of nitrogen functional groups attached to an aromatic ring is 1. The van der Waals surface area contributed by atoms with Crippen molar-refractivity contribution in [2.45, 2.75) is 25.6 Å². The molecule has 0 aliphatic carbocycles. The Bertz CT molecular complexity index is 1050. The number of aromatic nitrogens is 4. The molecule has 1 fully saturated rings. The molecule has 0 saturated carbocycles. The van der Waals surface area contributed by atoms with Crippen molar-refractivity contribution in [1.29, 1.82) is 0 Å². The minimum absolute atomic E-state index is 0.0470. The lowest BCUT2D eigenvalue weighted by molar-refractivity contribution is -0.0835. The molecule has 138 valence electrons. The second kappa shape index (κ2) is 6.54. The van der Waals surface area contributed by atoms with Crippen LogP contribution in [-0.2, 0) is 4.74 Å². The van der Waals surface area contributed by atoms with Gasteiger partial charge in [0.05, 0.1) is 24.2 Å². The number of hydrogen-bond donors (Lipinski definition) is 2. The molecule has 0 unspecified atom stereocenters. The number of imidazole rings is 1. The zero-order valence-electron chi connectivity index (χ0n) is 15.0. The van der Waals surface area contributed by atoms with E-state index in [-0.39, 0.29) is 12.1 Å². The van der Waals surface area contributed by atoms with Crippen LogP contribution in [0.25, 0.3) is 16.9 Å². The second-order valence-electron chi connectivity index (χ2n) is 6.79. The highest BCUT2D eigenvalue weighted by Crippen LogP contribution is 2.28. The topological polar surface area (TPSA) is 108 Å². The van der Waals surface area contributed by atoms with Crippen LogP contribution >= 0.6 is 0 Å². The summed E-state index contributed by atoms with van der Waals surface area (Å²) in [7, 11) is 0. The van der Waals surface area contributed by atoms with Crippen LogP contribution in [0.15, 0.2) is 30.5 Å². The molecule has 8 heteroatoms. The van der Waals surface area contributed by atoms with Crippen LogP contribution in [-0.4, -0.2) is 49.5 Å². The lowest BCUT2D eigenvalue weighted by atomic mass is 10.1. The van der Waals surface area contributed by atoms with Gasteiger partial charge >= 0.3 is 6.01 Å². The van der Waals surface area contributed by atoms with Crippen LogP contribution in [0.4, 0.5) is 5.95 Å². The molecular weight excluding hydrogens is 346 g/mol. The number of fused-ring (bicyclic) bond motifs is 1. The maximum atomic E-state index is 9.84. The number of aliphatic hydroxyl groups is 1. The third-order valence-corrected chi connectivity index (χ3v) is 3.90. The third-order valence-electron chi connectivity index (χ3n) is 3.90. The summed E-state index contributed by atoms with van der Waals surface area (Å²) in [6, 6.07) is 7.72. The number of hydrogen-bond acceptors (Lipinski definition) is 7. The van der Waals surface area contributed by atoms with Gasteiger partial charge in [-0.1, -0.05) is 11.8 Å². The Labute approximate surface area is 156 Å². The number of anilines is 1. The molecule has 0 spiro atoms. The molecule has 1 aliphatic rings. The van der Waals surface area contributed by atoms with Crippen molar-refractivity contribution in [2.75, 3.05) is 18.9 Å². The Morgan fingerprint density at radius 2 is 2.11 bits per heavy atom. The SMILES string of the molecule is CC(C)(O)C#Cc1ccc2nc(OC3COC3)n(-c3ccnc(N)n3)c2c1. The number of rotatable bonds is 3. The van der Waals surface area contributed by atoms with E-state index in [1.165, 1.54) is 0 Å². The monoisotopic (exact) mass is 365 g/mol. The molecule has 3 N–H and O–H groups in total. The highest BCUT2D eigenvalue weighted by atomic mass is 16.6. The molecule has 0 amide bonds. The van der Waals surface area contributed by atoms with Gasteiger partial charge in [-0.2, -0.15) is 9.97 Å². The summed E-state index contributed by atoms with van der Waals surface area (Å²) in [5, 5.41) is 9.84. The van der Waals surface area contributed by atoms with Crippen molar-refractivity contribution in [1.82, 2.24) is 19.5 Å². The summed E-state index contributed by atoms with van der Waals surface area (Å²) in [5.74, 6) is 6.50. The Balaban J connectivity index is 1.86. The average molecular weight is 365 g/mol. The van der Waals surface area contributed by atoms with E-state index >= 15 is 0 Å². The van der Waals surface area contributed by atoms with E-state index in [9.17, 15) is 5.11 Å². The van der Waals surface area contributed by atoms with Crippen LogP contribution in [0.1, 0.15) is 19.4 Å². The molecular formula is C19H19N5O3. The van der Waals surface area contributed by atoms with Crippen LogP contribution in [0.3, 0.4) is 0 Å². The van der Waals surface area contributed by atoms with E-state index in [2.05, 4.69) is 26.8 Å². The second-order valence-corrected chi connectivity index (χ2v) is 6.79. The van der Waals surface area contributed by atoms with Gasteiger partial charge in [-0.05, 0) is 32.0 Å². The first-order valence-corrected chi connectivity index (χ1v) is 8.50. The zero-order valence-corrected chi connectivity index (χ0v) is 15.0. The molecule has 4 rings (SSSR count). The van der Waals surface area contributed by atoms with Crippen molar-refractivity contribution in [3.05, 3.63) is 36.0 Å². The first kappa shape index (κ1) is 17.3. The normalized spacial score (nSPS) is 14.5. The number of nitrogens with two attached hydrogens (primary N) is 1. The molecule has 3 heterocycles. The predicted molar refractivity (Wildman–Crippen MR) is 99.5 cm³/mol. The van der Waals surface area contributed by atoms with Crippen LogP contribution in [0.5, 0.6) is 6.01 Å². The van der Waals surface area contributed by atoms with Gasteiger partial charge in [0.2, 0.25) is 5.95 Å². The number of ether oxygens (including phenoxy) is 2. The summed E-state index contributed by atoms with van der Waals surface area (Å²) in [5.41, 5.74) is 6.93. The zero-order chi connectivity index (χ0) is 19.0. The predicted octanol–water partition coefficient (Wildman–Crippen LogP) is 1.30. The van der Waals surface area contributed by atoms with Gasteiger partial charge < -0.3 is 20.3 Å². The molecule has 1 saturated heterocycles. The fraction of sp³-hybridized carbons (Fsp3) is 0.316. The van der Waals surface area contributed by atoms with Gasteiger partial charge in [-0.3, -0.25) is 0 Å². The molecule has 8 nitrogen and oxygen atoms in total. The van der Waals surface area contributed by atoms with Gasteiger partial charge in [-0.25, -0.2) is 9.55 Å². The Kier molecular flexibility index (Phi) is 4.18. The quantitative estimate of drug-likeness (QED) is 0.674. The third kappa shape index (κ3) is 3.69. The summed E-state index contributed by atoms with van der Waals surface area (Å²) >= 11 is 0. The maximum absolute atomic E-state index is 9.84. The van der Waals surface area contributed by atoms with Crippen molar-refractivity contribution >= 4 is 17.0 Å². The molecule has 3 aromatic rings. The summed E-state index contributed by atoms with van der Waals surface area (Å²) in [4.78, 5) is 12.8. The lowest BCUT2D eigenvalue weighted by Gasteiger charge is -2.26. The van der Waals surface area contributed by atoms with Crippen molar-refractivity contribution < 1.29 is 14.6 Å². The van der Waals surface area contributed by atoms with Crippen LogP contribution < -0.4 is 10.5 Å². The highest BCUT2D eigenvalue weighted by molar-refractivity contribution is 5.80. The van der Waals surface area contributed by atoms with E-state index in [0.29, 0.717) is 25.0 Å². The summed E-state index contributed by atoms with van der Waals surface area (Å²) in [6.07, 6.45) is 1.53. The van der Waals surface area contributed by atoms with Crippen LogP contribution in [0, 0.1) is 11.8 Å². The van der Waals surface area contributed by atoms with E-state index in [1.54, 1.807) is 30.7 Å². The molecule has 27 heavy (non-hydrogen) atoms. The summed E-state index contributed by atoms with van der Waals surface area (Å²) in [6.45, 7) is 4.33. The molecule has 1 aromatic carbocycles. The van der Waals surface area contributed by atoms with E-state index in [4.69, 9.17) is 15.2 Å². The minimum atomic E-state index is -1.07. The Hall–Kier alpha value is -3.15. The van der Waals surface area contributed by atoms with Gasteiger partial charge in [0.25, 0.3) is 0 Å². The largest absolute Gasteiger partial charge is 0.456 e. The number of benzene rings is 1. The minimum Gasteiger partial charge on any atom is -0.456 e. The van der Waals surface area contributed by atoms with Gasteiger partial charge in [0, 0.05) is 17.8 Å². The Morgan fingerprint density at radius 3 is 2.78 bits per heavy atom. The van der Waals surface area contributed by atoms with Crippen molar-refractivity contribution in [3.63, 3.8) is 0 Å². The highest BCUT2D eigenvalue weighted by Gasteiger charge is 2.24. The van der Waals surface area contributed by atoms with Gasteiger partial charge in [0.1, 0.15) is 17.5 Å². The van der Waals surface area contributed by atoms with Crippen molar-refractivity contribution in [3.8, 4) is 23.7 Å². The van der Waals surface area contributed by atoms with Gasteiger partial charge in [-0.15, -0.1) is 0 Å². The lowest BCUT2D eigenvalue weighted by Crippen LogP contribution is -2.39. The Morgan fingerprint density at radius 1 is 1.30 bits per heavy atom. The first-order valence-electron chi connectivity index (χ1n) is 8.50. The van der Waals surface area contributed by atoms with E-state index in [1.807, 2.05) is 18.2 Å². The fourth-order valence-electron chi connectivity index (χ4n) is 2.58. The number of nitrogens with zero attached hydrogens (tertiary/aromatic N) is 4. The van der Waals surface area contributed by atoms with Crippen molar-refractivity contribution in [2.24, 2.45) is 0 Å². The molecule has 1 aliphatic heterocycles.